The summed E-state index contributed by atoms with van der Waals surface area (Å²) in [5.41, 5.74) is -0.0403. The maximum atomic E-state index is 13.1. The van der Waals surface area contributed by atoms with Crippen LogP contribution in [0.15, 0.2) is 48.5 Å². The number of amides is 1. The zero-order chi connectivity index (χ0) is 24.7. The Kier molecular flexibility index (Phi) is 8.45. The summed E-state index contributed by atoms with van der Waals surface area (Å²) in [6.45, 7) is 0.858. The molecule has 8 heteroatoms. The fourth-order valence-electron chi connectivity index (χ4n) is 4.21. The van der Waals surface area contributed by atoms with Gasteiger partial charge in [0.05, 0.1) is 0 Å². The van der Waals surface area contributed by atoms with E-state index in [2.05, 4.69) is 0 Å². The zero-order valence-electron chi connectivity index (χ0n) is 19.3. The number of rotatable bonds is 9. The summed E-state index contributed by atoms with van der Waals surface area (Å²) in [6, 6.07) is 13.4. The Labute approximate surface area is 204 Å². The monoisotopic (exact) mass is 485 g/mol. The lowest BCUT2D eigenvalue weighted by Gasteiger charge is -2.43. The molecule has 1 unspecified atom stereocenters. The van der Waals surface area contributed by atoms with Crippen molar-refractivity contribution in [1.82, 2.24) is 4.90 Å². The highest BCUT2D eigenvalue weighted by Crippen LogP contribution is 2.42. The summed E-state index contributed by atoms with van der Waals surface area (Å²) in [5, 5.41) is 0.412. The quantitative estimate of drug-likeness (QED) is 0.387. The molecule has 34 heavy (non-hydrogen) atoms. The number of hydrogen-bond acceptors (Lipinski definition) is 6. The Morgan fingerprint density at radius 3 is 2.38 bits per heavy atom. The van der Waals surface area contributed by atoms with E-state index in [1.165, 1.54) is 4.90 Å². The van der Waals surface area contributed by atoms with Gasteiger partial charge >= 0.3 is 5.97 Å². The van der Waals surface area contributed by atoms with Crippen molar-refractivity contribution in [3.63, 3.8) is 0 Å². The molecule has 2 aromatic carbocycles. The van der Waals surface area contributed by atoms with Crippen molar-refractivity contribution in [3.8, 4) is 5.75 Å². The normalized spacial score (nSPS) is 17.7. The Balaban J connectivity index is 1.61. The first-order valence-electron chi connectivity index (χ1n) is 11.3. The molecule has 1 amide bonds. The van der Waals surface area contributed by atoms with Gasteiger partial charge in [-0.05, 0) is 49.6 Å². The van der Waals surface area contributed by atoms with Gasteiger partial charge in [-0.1, -0.05) is 36.7 Å². The minimum absolute atomic E-state index is 0.0135. The number of carbonyl (C=O) groups excluding carboxylic acids is 4. The van der Waals surface area contributed by atoms with E-state index in [-0.39, 0.29) is 11.6 Å². The number of ketones is 2. The number of carbonyl (C=O) groups is 4. The third kappa shape index (κ3) is 5.47. The van der Waals surface area contributed by atoms with Crippen molar-refractivity contribution in [2.75, 3.05) is 20.3 Å². The van der Waals surface area contributed by atoms with Crippen molar-refractivity contribution in [1.29, 1.82) is 0 Å². The number of esters is 1. The smallest absolute Gasteiger partial charge is 0.344 e. The number of Topliss-reactive ketones (excluding diaryl/α,β-unsaturated/α-hetero) is 2. The lowest BCUT2D eigenvalue weighted by Crippen LogP contribution is -2.55. The minimum Gasteiger partial charge on any atom is -0.482 e. The average molecular weight is 486 g/mol. The molecule has 3 rings (SSSR count). The first kappa shape index (κ1) is 25.4. The lowest BCUT2D eigenvalue weighted by atomic mass is 9.74. The Hall–Kier alpha value is -3.19. The minimum atomic E-state index is -1.19. The molecule has 1 atom stereocenters. The number of likely N-dealkylation sites (N-methyl/N-ethyl adjacent to an activating group) is 1. The highest BCUT2D eigenvalue weighted by Gasteiger charge is 2.48. The molecule has 1 aliphatic carbocycles. The van der Waals surface area contributed by atoms with Gasteiger partial charge in [-0.3, -0.25) is 14.4 Å². The van der Waals surface area contributed by atoms with Crippen molar-refractivity contribution in [3.05, 3.63) is 64.7 Å². The maximum absolute atomic E-state index is 13.1. The first-order valence-corrected chi connectivity index (χ1v) is 11.6. The van der Waals surface area contributed by atoms with Crippen LogP contribution in [0.25, 0.3) is 0 Å². The van der Waals surface area contributed by atoms with Crippen LogP contribution < -0.4 is 4.74 Å². The summed E-state index contributed by atoms with van der Waals surface area (Å²) in [7, 11) is 1.54. The largest absolute Gasteiger partial charge is 0.482 e. The van der Waals surface area contributed by atoms with Crippen molar-refractivity contribution in [2.24, 2.45) is 0 Å². The number of ether oxygens (including phenoxy) is 2. The summed E-state index contributed by atoms with van der Waals surface area (Å²) < 4.78 is 10.5. The third-order valence-corrected chi connectivity index (χ3v) is 6.46. The van der Waals surface area contributed by atoms with E-state index in [1.54, 1.807) is 62.5 Å². The van der Waals surface area contributed by atoms with Crippen molar-refractivity contribution < 1.29 is 28.7 Å². The van der Waals surface area contributed by atoms with Crippen LogP contribution in [-0.4, -0.2) is 48.6 Å². The molecule has 180 valence electrons. The number of hydrogen-bond donors (Lipinski definition) is 0. The molecule has 0 aliphatic heterocycles. The second kappa shape index (κ2) is 11.3. The van der Waals surface area contributed by atoms with Crippen molar-refractivity contribution >= 4 is 35.0 Å². The molecule has 1 aliphatic rings. The van der Waals surface area contributed by atoms with Crippen LogP contribution in [0.2, 0.25) is 5.02 Å². The highest BCUT2D eigenvalue weighted by molar-refractivity contribution is 6.31. The molecule has 0 spiro atoms. The Bertz CT molecular complexity index is 1070. The molecule has 1 fully saturated rings. The van der Waals surface area contributed by atoms with Crippen LogP contribution in [-0.2, 0) is 24.7 Å². The molecule has 0 heterocycles. The fourth-order valence-corrected chi connectivity index (χ4v) is 4.50. The Morgan fingerprint density at radius 2 is 1.74 bits per heavy atom. The topological polar surface area (TPSA) is 90.0 Å². The maximum Gasteiger partial charge on any atom is 0.344 e. The number of nitrogens with zero attached hydrogens (tertiary/aromatic N) is 1. The molecule has 0 saturated heterocycles. The standard InChI is InChI=1S/C26H28ClNO6/c1-3-22(29)18-11-13-19(14-12-18)33-17-25(32)34-16-24(31)28(2)26(15-7-6-10-23(26)30)20-8-4-5-9-21(20)27/h4-5,8-9,11-14H,3,6-7,10,15-17H2,1-2H3. The van der Waals surface area contributed by atoms with Crippen LogP contribution in [0.3, 0.4) is 0 Å². The van der Waals surface area contributed by atoms with Crippen LogP contribution in [0.1, 0.15) is 54.9 Å². The van der Waals surface area contributed by atoms with E-state index >= 15 is 0 Å². The molecule has 7 nitrogen and oxygen atoms in total. The van der Waals surface area contributed by atoms with Gasteiger partial charge in [-0.25, -0.2) is 4.79 Å². The van der Waals surface area contributed by atoms with E-state index in [4.69, 9.17) is 21.1 Å². The van der Waals surface area contributed by atoms with E-state index in [1.807, 2.05) is 0 Å². The van der Waals surface area contributed by atoms with E-state index in [0.717, 1.165) is 12.8 Å². The van der Waals surface area contributed by atoms with Gasteiger partial charge in [-0.2, -0.15) is 0 Å². The van der Waals surface area contributed by atoms with E-state index in [9.17, 15) is 19.2 Å². The summed E-state index contributed by atoms with van der Waals surface area (Å²) >= 11 is 6.41. The summed E-state index contributed by atoms with van der Waals surface area (Å²) in [5.74, 6) is -0.899. The second-order valence-corrected chi connectivity index (χ2v) is 8.58. The predicted octanol–water partition coefficient (Wildman–Crippen LogP) is 4.35. The average Bonchev–Trinajstić information content (AvgIpc) is 2.86. The number of benzene rings is 2. The van der Waals surface area contributed by atoms with Gasteiger partial charge in [0.25, 0.3) is 5.91 Å². The van der Waals surface area contributed by atoms with Crippen LogP contribution in [0.4, 0.5) is 0 Å². The molecule has 0 N–H and O–H groups in total. The SMILES string of the molecule is CCC(=O)c1ccc(OCC(=O)OCC(=O)N(C)C2(c3ccccc3Cl)CCCCC2=O)cc1. The van der Waals surface area contributed by atoms with Crippen LogP contribution in [0.5, 0.6) is 5.75 Å². The van der Waals surface area contributed by atoms with Gasteiger partial charge < -0.3 is 14.4 Å². The molecule has 0 radical (unpaired) electrons. The van der Waals surface area contributed by atoms with Crippen LogP contribution in [0, 0.1) is 0 Å². The summed E-state index contributed by atoms with van der Waals surface area (Å²) in [6.07, 6.45) is 2.72. The lowest BCUT2D eigenvalue weighted by molar-refractivity contribution is -0.158. The highest BCUT2D eigenvalue weighted by atomic mass is 35.5. The molecular formula is C26H28ClNO6. The van der Waals surface area contributed by atoms with E-state index < -0.39 is 30.6 Å². The second-order valence-electron chi connectivity index (χ2n) is 8.17. The van der Waals surface area contributed by atoms with Gasteiger partial charge in [0, 0.05) is 36.0 Å². The molecule has 2 aromatic rings. The van der Waals surface area contributed by atoms with Crippen LogP contribution >= 0.6 is 11.6 Å². The first-order chi connectivity index (χ1) is 16.3. The van der Waals surface area contributed by atoms with E-state index in [0.29, 0.717) is 41.2 Å². The molecule has 0 bridgehead atoms. The van der Waals surface area contributed by atoms with Gasteiger partial charge in [0.2, 0.25) is 0 Å². The van der Waals surface area contributed by atoms with Gasteiger partial charge in [0.1, 0.15) is 11.3 Å². The van der Waals surface area contributed by atoms with Crippen molar-refractivity contribution in [2.45, 2.75) is 44.6 Å². The predicted molar refractivity (Wildman–Crippen MR) is 127 cm³/mol. The van der Waals surface area contributed by atoms with Gasteiger partial charge in [-0.15, -0.1) is 0 Å². The summed E-state index contributed by atoms with van der Waals surface area (Å²) in [4.78, 5) is 51.2. The molecular weight excluding hydrogens is 458 g/mol. The zero-order valence-corrected chi connectivity index (χ0v) is 20.1. The Morgan fingerprint density at radius 1 is 1.03 bits per heavy atom. The fraction of sp³-hybridized carbons (Fsp3) is 0.385. The molecule has 1 saturated carbocycles. The third-order valence-electron chi connectivity index (χ3n) is 6.13. The van der Waals surface area contributed by atoms with Gasteiger partial charge in [0.15, 0.2) is 24.8 Å². The number of halogens is 1. The molecule has 0 aromatic heterocycles.